The Bertz CT molecular complexity index is 459. The molecule has 2 rings (SSSR count). The number of hydrogen-bond acceptors (Lipinski definition) is 2. The molecule has 0 heterocycles. The fraction of sp³-hybridized carbons (Fsp3) is 0.429. The fourth-order valence-electron chi connectivity index (χ4n) is 2.00. The van der Waals surface area contributed by atoms with Crippen molar-refractivity contribution in [2.24, 2.45) is 5.92 Å². The predicted molar refractivity (Wildman–Crippen MR) is 68.2 cm³/mol. The minimum Gasteiger partial charge on any atom is -0.259 e. The van der Waals surface area contributed by atoms with Crippen molar-refractivity contribution < 1.29 is 4.92 Å². The zero-order chi connectivity index (χ0) is 12.4. The lowest BCUT2D eigenvalue weighted by Gasteiger charge is -2.06. The highest BCUT2D eigenvalue weighted by Crippen LogP contribution is 2.42. The van der Waals surface area contributed by atoms with Crippen LogP contribution in [0.5, 0.6) is 0 Å². The highest BCUT2D eigenvalue weighted by atomic mass is 16.6. The molecular weight excluding hydrogens is 214 g/mol. The molecule has 1 aromatic carbocycles. The number of nitrogens with zero attached hydrogens (tertiary/aromatic N) is 1. The van der Waals surface area contributed by atoms with Crippen LogP contribution in [0.3, 0.4) is 0 Å². The predicted octanol–water partition coefficient (Wildman–Crippen LogP) is 3.84. The average Bonchev–Trinajstić information content (AvgIpc) is 3.09. The van der Waals surface area contributed by atoms with Crippen molar-refractivity contribution in [3.8, 4) is 0 Å². The third kappa shape index (κ3) is 2.73. The van der Waals surface area contributed by atoms with Gasteiger partial charge in [-0.3, -0.25) is 10.1 Å². The van der Waals surface area contributed by atoms with E-state index in [2.05, 4.69) is 6.07 Å². The molecule has 0 amide bonds. The number of nitro groups is 1. The summed E-state index contributed by atoms with van der Waals surface area (Å²) in [4.78, 5) is 10.7. The maximum atomic E-state index is 11.0. The normalized spacial score (nSPS) is 16.3. The molecule has 0 bridgehead atoms. The van der Waals surface area contributed by atoms with Gasteiger partial charge in [0.15, 0.2) is 0 Å². The SMILES string of the molecule is CC(C)/C(=C/c1ccccc1C1CC1)[N+](=O)[O-]. The summed E-state index contributed by atoms with van der Waals surface area (Å²) in [7, 11) is 0. The average molecular weight is 231 g/mol. The smallest absolute Gasteiger partial charge is 0.249 e. The van der Waals surface area contributed by atoms with Crippen LogP contribution in [0.4, 0.5) is 0 Å². The van der Waals surface area contributed by atoms with Gasteiger partial charge >= 0.3 is 0 Å². The molecule has 0 spiro atoms. The molecule has 0 atom stereocenters. The molecule has 0 radical (unpaired) electrons. The maximum absolute atomic E-state index is 11.0. The van der Waals surface area contributed by atoms with Gasteiger partial charge in [0.05, 0.1) is 4.92 Å². The number of hydrogen-bond donors (Lipinski definition) is 0. The van der Waals surface area contributed by atoms with Gasteiger partial charge in [-0.05, 0) is 29.9 Å². The lowest BCUT2D eigenvalue weighted by Crippen LogP contribution is -2.05. The summed E-state index contributed by atoms with van der Waals surface area (Å²) < 4.78 is 0. The van der Waals surface area contributed by atoms with E-state index in [0.29, 0.717) is 5.92 Å². The van der Waals surface area contributed by atoms with Crippen LogP contribution in [0.1, 0.15) is 43.7 Å². The molecule has 3 nitrogen and oxygen atoms in total. The van der Waals surface area contributed by atoms with Crippen LogP contribution in [-0.2, 0) is 0 Å². The number of rotatable bonds is 4. The van der Waals surface area contributed by atoms with Crippen LogP contribution in [-0.4, -0.2) is 4.92 Å². The molecular formula is C14H17NO2. The third-order valence-electron chi connectivity index (χ3n) is 3.12. The Labute approximate surface area is 101 Å². The van der Waals surface area contributed by atoms with Crippen molar-refractivity contribution in [3.05, 3.63) is 51.2 Å². The first-order chi connectivity index (χ1) is 8.09. The van der Waals surface area contributed by atoms with Gasteiger partial charge in [0, 0.05) is 12.0 Å². The highest BCUT2D eigenvalue weighted by molar-refractivity contribution is 5.57. The minimum absolute atomic E-state index is 0.0581. The summed E-state index contributed by atoms with van der Waals surface area (Å²) in [5, 5.41) is 11.0. The zero-order valence-corrected chi connectivity index (χ0v) is 10.2. The van der Waals surface area contributed by atoms with E-state index in [-0.39, 0.29) is 16.5 Å². The van der Waals surface area contributed by atoms with Crippen molar-refractivity contribution in [3.63, 3.8) is 0 Å². The lowest BCUT2D eigenvalue weighted by molar-refractivity contribution is -0.431. The van der Waals surface area contributed by atoms with Gasteiger partial charge in [-0.25, -0.2) is 0 Å². The molecule has 0 aliphatic heterocycles. The van der Waals surface area contributed by atoms with E-state index >= 15 is 0 Å². The van der Waals surface area contributed by atoms with Crippen molar-refractivity contribution >= 4 is 6.08 Å². The van der Waals surface area contributed by atoms with Gasteiger partial charge in [0.25, 0.3) is 0 Å². The van der Waals surface area contributed by atoms with E-state index in [4.69, 9.17) is 0 Å². The number of benzene rings is 1. The zero-order valence-electron chi connectivity index (χ0n) is 10.2. The summed E-state index contributed by atoms with van der Waals surface area (Å²) in [5.41, 5.74) is 2.56. The summed E-state index contributed by atoms with van der Waals surface area (Å²) >= 11 is 0. The lowest BCUT2D eigenvalue weighted by atomic mass is 10.00. The molecule has 0 saturated heterocycles. The van der Waals surface area contributed by atoms with Gasteiger partial charge in [-0.2, -0.15) is 0 Å². The molecule has 0 unspecified atom stereocenters. The van der Waals surface area contributed by atoms with Crippen LogP contribution in [0.15, 0.2) is 30.0 Å². The second kappa shape index (κ2) is 4.70. The van der Waals surface area contributed by atoms with Crippen molar-refractivity contribution in [1.82, 2.24) is 0 Å². The Balaban J connectivity index is 2.39. The molecule has 1 saturated carbocycles. The van der Waals surface area contributed by atoms with E-state index in [0.717, 1.165) is 5.56 Å². The maximum Gasteiger partial charge on any atom is 0.249 e. The van der Waals surface area contributed by atoms with Crippen LogP contribution in [0.25, 0.3) is 6.08 Å². The second-order valence-electron chi connectivity index (χ2n) is 4.88. The molecule has 0 aromatic heterocycles. The Morgan fingerprint density at radius 2 is 2.06 bits per heavy atom. The standard InChI is InChI=1S/C14H17NO2/c1-10(2)14(15(16)17)9-12-5-3-4-6-13(12)11-7-8-11/h3-6,9-11H,7-8H2,1-2H3/b14-9-. The molecule has 1 aliphatic rings. The van der Waals surface area contributed by atoms with E-state index in [9.17, 15) is 10.1 Å². The third-order valence-corrected chi connectivity index (χ3v) is 3.12. The first kappa shape index (κ1) is 11.8. The van der Waals surface area contributed by atoms with Crippen molar-refractivity contribution in [1.29, 1.82) is 0 Å². The number of allylic oxidation sites excluding steroid dienone is 1. The van der Waals surface area contributed by atoms with Gasteiger partial charge in [-0.15, -0.1) is 0 Å². The summed E-state index contributed by atoms with van der Waals surface area (Å²) in [5.74, 6) is 0.555. The summed E-state index contributed by atoms with van der Waals surface area (Å²) in [6, 6.07) is 8.00. The Morgan fingerprint density at radius 3 is 2.59 bits per heavy atom. The van der Waals surface area contributed by atoms with E-state index in [1.54, 1.807) is 6.08 Å². The van der Waals surface area contributed by atoms with Gasteiger partial charge < -0.3 is 0 Å². The quantitative estimate of drug-likeness (QED) is 0.583. The Hall–Kier alpha value is -1.64. The second-order valence-corrected chi connectivity index (χ2v) is 4.88. The molecule has 1 fully saturated rings. The first-order valence-corrected chi connectivity index (χ1v) is 6.04. The van der Waals surface area contributed by atoms with E-state index < -0.39 is 0 Å². The van der Waals surface area contributed by atoms with Crippen molar-refractivity contribution in [2.75, 3.05) is 0 Å². The topological polar surface area (TPSA) is 43.1 Å². The molecule has 17 heavy (non-hydrogen) atoms. The van der Waals surface area contributed by atoms with Crippen LogP contribution in [0, 0.1) is 16.0 Å². The van der Waals surface area contributed by atoms with Crippen LogP contribution in [0.2, 0.25) is 0 Å². The monoisotopic (exact) mass is 231 g/mol. The van der Waals surface area contributed by atoms with Gasteiger partial charge in [-0.1, -0.05) is 38.1 Å². The molecule has 90 valence electrons. The van der Waals surface area contributed by atoms with Crippen molar-refractivity contribution in [2.45, 2.75) is 32.6 Å². The van der Waals surface area contributed by atoms with Crippen LogP contribution >= 0.6 is 0 Å². The van der Waals surface area contributed by atoms with Gasteiger partial charge in [0.2, 0.25) is 5.70 Å². The first-order valence-electron chi connectivity index (χ1n) is 6.04. The Morgan fingerprint density at radius 1 is 1.41 bits per heavy atom. The highest BCUT2D eigenvalue weighted by Gasteiger charge is 2.26. The van der Waals surface area contributed by atoms with Crippen LogP contribution < -0.4 is 0 Å². The Kier molecular flexibility index (Phi) is 3.27. The summed E-state index contributed by atoms with van der Waals surface area (Å²) in [6.45, 7) is 3.71. The largest absolute Gasteiger partial charge is 0.259 e. The van der Waals surface area contributed by atoms with E-state index in [1.165, 1.54) is 18.4 Å². The summed E-state index contributed by atoms with van der Waals surface area (Å²) in [6.07, 6.45) is 4.15. The molecule has 0 N–H and O–H groups in total. The van der Waals surface area contributed by atoms with E-state index in [1.807, 2.05) is 32.0 Å². The minimum atomic E-state index is -0.269. The molecule has 1 aromatic rings. The van der Waals surface area contributed by atoms with Gasteiger partial charge in [0.1, 0.15) is 0 Å². The molecule has 1 aliphatic carbocycles. The molecule has 3 heteroatoms. The fourth-order valence-corrected chi connectivity index (χ4v) is 2.00.